The zero-order valence-electron chi connectivity index (χ0n) is 37.1. The van der Waals surface area contributed by atoms with Gasteiger partial charge in [-0.1, -0.05) is 196 Å². The summed E-state index contributed by atoms with van der Waals surface area (Å²) in [6.45, 7) is 4.93. The Kier molecular flexibility index (Phi) is 8.63. The van der Waals surface area contributed by atoms with Crippen molar-refractivity contribution in [1.82, 2.24) is 0 Å². The highest BCUT2D eigenvalue weighted by molar-refractivity contribution is 6.00. The standard InChI is InChI=1S/C64H51N/c1-63(2)55-25-14-12-23-50(55)51-38-35-49(41-58(51)63)65(48-33-29-45(30-34-48)42-17-6-3-7-18-42)61-28-16-27-57-62(61)54-24-13-15-26-56(54)64(57)59-39-46(43-19-8-4-9-20-43)31-36-52(59)53-37-32-47(40-60(53)64)44-21-10-5-11-22-44/h4-6,8-27,29-40,58,61H,3,7,28,41H2,1-2H3. The highest BCUT2D eigenvalue weighted by Gasteiger charge is 2.55. The van der Waals surface area contributed by atoms with Crippen LogP contribution in [-0.4, -0.2) is 6.04 Å². The maximum Gasteiger partial charge on any atom is 0.0723 e. The second-order valence-corrected chi connectivity index (χ2v) is 19.4. The Morgan fingerprint density at radius 3 is 1.77 bits per heavy atom. The van der Waals surface area contributed by atoms with Crippen molar-refractivity contribution in [1.29, 1.82) is 0 Å². The van der Waals surface area contributed by atoms with E-state index in [9.17, 15) is 0 Å². The number of hydrogen-bond donors (Lipinski definition) is 0. The van der Waals surface area contributed by atoms with E-state index in [1.54, 1.807) is 0 Å². The number of benzene rings is 7. The molecule has 0 heterocycles. The van der Waals surface area contributed by atoms with Gasteiger partial charge in [-0.25, -0.2) is 0 Å². The first kappa shape index (κ1) is 38.3. The average Bonchev–Trinajstić information content (AvgIpc) is 3.93. The molecule has 6 aliphatic carbocycles. The van der Waals surface area contributed by atoms with E-state index in [-0.39, 0.29) is 11.5 Å². The number of fused-ring (bicyclic) bond motifs is 12. The third kappa shape index (κ3) is 5.64. The molecule has 0 saturated heterocycles. The first-order chi connectivity index (χ1) is 32.0. The highest BCUT2D eigenvalue weighted by Crippen LogP contribution is 2.65. The Hall–Kier alpha value is -7.22. The molecule has 65 heavy (non-hydrogen) atoms. The highest BCUT2D eigenvalue weighted by atomic mass is 15.2. The summed E-state index contributed by atoms with van der Waals surface area (Å²) in [6.07, 6.45) is 21.1. The van der Waals surface area contributed by atoms with E-state index < -0.39 is 5.41 Å². The zero-order valence-corrected chi connectivity index (χ0v) is 37.1. The Bertz CT molecular complexity index is 3190. The van der Waals surface area contributed by atoms with Gasteiger partial charge in [0.15, 0.2) is 0 Å². The lowest BCUT2D eigenvalue weighted by molar-refractivity contribution is 0.403. The first-order valence-corrected chi connectivity index (χ1v) is 23.7. The van der Waals surface area contributed by atoms with Crippen molar-refractivity contribution in [2.75, 3.05) is 4.90 Å². The van der Waals surface area contributed by atoms with Gasteiger partial charge in [0.05, 0.1) is 11.5 Å². The van der Waals surface area contributed by atoms with Crippen molar-refractivity contribution in [3.63, 3.8) is 0 Å². The van der Waals surface area contributed by atoms with Crippen molar-refractivity contribution in [3.05, 3.63) is 263 Å². The molecule has 0 aliphatic heterocycles. The van der Waals surface area contributed by atoms with Crippen LogP contribution < -0.4 is 4.90 Å². The molecule has 6 aliphatic rings. The number of allylic oxidation sites excluding steroid dienone is 10. The summed E-state index contributed by atoms with van der Waals surface area (Å²) >= 11 is 0. The Morgan fingerprint density at radius 2 is 1.11 bits per heavy atom. The van der Waals surface area contributed by atoms with Gasteiger partial charge in [-0.3, -0.25) is 0 Å². The van der Waals surface area contributed by atoms with Gasteiger partial charge in [0, 0.05) is 11.4 Å². The van der Waals surface area contributed by atoms with Crippen LogP contribution >= 0.6 is 0 Å². The summed E-state index contributed by atoms with van der Waals surface area (Å²) in [6, 6.07) is 64.6. The van der Waals surface area contributed by atoms with Crippen LogP contribution in [0.1, 0.15) is 78.5 Å². The minimum absolute atomic E-state index is 0.0162. The van der Waals surface area contributed by atoms with Gasteiger partial charge >= 0.3 is 0 Å². The van der Waals surface area contributed by atoms with Crippen LogP contribution in [0, 0.1) is 5.92 Å². The van der Waals surface area contributed by atoms with Crippen LogP contribution in [0.2, 0.25) is 0 Å². The van der Waals surface area contributed by atoms with Crippen molar-refractivity contribution in [2.45, 2.75) is 56.4 Å². The molecule has 7 aromatic carbocycles. The molecule has 0 aromatic heterocycles. The van der Waals surface area contributed by atoms with Crippen molar-refractivity contribution < 1.29 is 0 Å². The van der Waals surface area contributed by atoms with Crippen LogP contribution in [-0.2, 0) is 10.8 Å². The van der Waals surface area contributed by atoms with Crippen LogP contribution in [0.5, 0.6) is 0 Å². The minimum atomic E-state index is -0.500. The summed E-state index contributed by atoms with van der Waals surface area (Å²) in [4.78, 5) is 2.76. The van der Waals surface area contributed by atoms with Crippen LogP contribution in [0.3, 0.4) is 0 Å². The maximum atomic E-state index is 2.76. The summed E-state index contributed by atoms with van der Waals surface area (Å²) < 4.78 is 0. The molecule has 13 rings (SSSR count). The Morgan fingerprint density at radius 1 is 0.492 bits per heavy atom. The lowest BCUT2D eigenvalue weighted by Crippen LogP contribution is -2.39. The third-order valence-corrected chi connectivity index (χ3v) is 15.8. The van der Waals surface area contributed by atoms with E-state index in [0.717, 1.165) is 25.7 Å². The van der Waals surface area contributed by atoms with Gasteiger partial charge in [0.1, 0.15) is 0 Å². The molecule has 0 radical (unpaired) electrons. The molecule has 2 unspecified atom stereocenters. The average molecular weight is 834 g/mol. The van der Waals surface area contributed by atoms with Crippen LogP contribution in [0.4, 0.5) is 5.69 Å². The fourth-order valence-corrected chi connectivity index (χ4v) is 12.8. The number of rotatable bonds is 6. The van der Waals surface area contributed by atoms with Gasteiger partial charge in [-0.15, -0.1) is 0 Å². The molecule has 0 saturated carbocycles. The molecule has 0 fully saturated rings. The molecular weight excluding hydrogens is 783 g/mol. The normalized spacial score (nSPS) is 19.9. The Balaban J connectivity index is 1.04. The lowest BCUT2D eigenvalue weighted by atomic mass is 9.68. The predicted molar refractivity (Wildman–Crippen MR) is 272 cm³/mol. The predicted octanol–water partition coefficient (Wildman–Crippen LogP) is 15.9. The van der Waals surface area contributed by atoms with Gasteiger partial charge in [0.25, 0.3) is 0 Å². The van der Waals surface area contributed by atoms with E-state index in [4.69, 9.17) is 0 Å². The fourth-order valence-electron chi connectivity index (χ4n) is 12.8. The second kappa shape index (κ2) is 14.7. The van der Waals surface area contributed by atoms with Gasteiger partial charge in [0.2, 0.25) is 0 Å². The molecule has 312 valence electrons. The first-order valence-electron chi connectivity index (χ1n) is 23.7. The largest absolute Gasteiger partial charge is 0.337 e. The van der Waals surface area contributed by atoms with Crippen LogP contribution in [0.15, 0.2) is 224 Å². The zero-order chi connectivity index (χ0) is 43.3. The summed E-state index contributed by atoms with van der Waals surface area (Å²) in [5.41, 5.74) is 25.1. The minimum Gasteiger partial charge on any atom is -0.337 e. The lowest BCUT2D eigenvalue weighted by Gasteiger charge is -2.42. The molecule has 0 N–H and O–H groups in total. The summed E-state index contributed by atoms with van der Waals surface area (Å²) in [5, 5.41) is 0. The third-order valence-electron chi connectivity index (χ3n) is 15.8. The summed E-state index contributed by atoms with van der Waals surface area (Å²) in [5.74, 6) is 0.385. The number of nitrogens with zero attached hydrogens (tertiary/aromatic N) is 1. The van der Waals surface area contributed by atoms with Crippen molar-refractivity contribution >= 4 is 22.4 Å². The maximum absolute atomic E-state index is 2.76. The molecular formula is C64H51N. The van der Waals surface area contributed by atoms with Crippen LogP contribution in [0.25, 0.3) is 50.1 Å². The number of hydrogen-bond acceptors (Lipinski definition) is 1. The second-order valence-electron chi connectivity index (χ2n) is 19.4. The number of anilines is 1. The van der Waals surface area contributed by atoms with E-state index in [1.165, 1.54) is 106 Å². The summed E-state index contributed by atoms with van der Waals surface area (Å²) in [7, 11) is 0. The molecule has 1 nitrogen and oxygen atoms in total. The molecule has 1 spiro atoms. The molecule has 2 atom stereocenters. The fraction of sp³-hybridized carbons (Fsp3) is 0.156. The Labute approximate surface area is 383 Å². The molecule has 1 heteroatoms. The van der Waals surface area contributed by atoms with Gasteiger partial charge in [-0.2, -0.15) is 0 Å². The quantitative estimate of drug-likeness (QED) is 0.161. The van der Waals surface area contributed by atoms with Gasteiger partial charge in [-0.05, 0) is 162 Å². The van der Waals surface area contributed by atoms with Crippen molar-refractivity contribution in [3.8, 4) is 33.4 Å². The SMILES string of the molecule is CC1(C)c2ccccc2C2=CC=C(N(c3ccc(C4=CCCC=C4)cc3)C3CC=CC4=C3c3ccccc3C43c4cc(-c5ccccc5)ccc4-c4ccc(-c5ccccc5)cc43)CC21. The molecule has 0 bridgehead atoms. The van der Waals surface area contributed by atoms with Crippen molar-refractivity contribution in [2.24, 2.45) is 5.92 Å². The monoisotopic (exact) mass is 833 g/mol. The van der Waals surface area contributed by atoms with E-state index in [1.807, 2.05) is 0 Å². The van der Waals surface area contributed by atoms with E-state index in [0.29, 0.717) is 5.92 Å². The smallest absolute Gasteiger partial charge is 0.0723 e. The molecule has 7 aromatic rings. The topological polar surface area (TPSA) is 3.24 Å². The van der Waals surface area contributed by atoms with Gasteiger partial charge < -0.3 is 4.90 Å². The van der Waals surface area contributed by atoms with E-state index in [2.05, 4.69) is 231 Å². The van der Waals surface area contributed by atoms with E-state index >= 15 is 0 Å². The molecule has 0 amide bonds.